The van der Waals surface area contributed by atoms with Crippen LogP contribution < -0.4 is 16.0 Å². The lowest BCUT2D eigenvalue weighted by atomic mass is 10.2. The number of aryl methyl sites for hydroxylation is 2. The second kappa shape index (κ2) is 7.26. The van der Waals surface area contributed by atoms with Crippen LogP contribution in [0.5, 0.6) is 5.75 Å². The van der Waals surface area contributed by atoms with Crippen LogP contribution in [-0.4, -0.2) is 30.2 Å². The Morgan fingerprint density at radius 3 is 2.44 bits per heavy atom. The van der Waals surface area contributed by atoms with Gasteiger partial charge in [0, 0.05) is 24.5 Å². The molecule has 0 saturated heterocycles. The predicted octanol–water partition coefficient (Wildman–Crippen LogP) is 2.81. The molecule has 3 aromatic heterocycles. The number of hydrogen-bond acceptors (Lipinski definition) is 4. The van der Waals surface area contributed by atoms with E-state index >= 15 is 0 Å². The van der Waals surface area contributed by atoms with Gasteiger partial charge in [0.15, 0.2) is 11.2 Å². The number of nitrogens with zero attached hydrogens (tertiary/aromatic N) is 5. The minimum absolute atomic E-state index is 0.199. The van der Waals surface area contributed by atoms with E-state index in [0.29, 0.717) is 16.9 Å². The maximum Gasteiger partial charge on any atom is 0.332 e. The van der Waals surface area contributed by atoms with Gasteiger partial charge in [0.05, 0.1) is 19.3 Å². The zero-order chi connectivity index (χ0) is 22.6. The van der Waals surface area contributed by atoms with Crippen LogP contribution in [-0.2, 0) is 13.6 Å². The summed E-state index contributed by atoms with van der Waals surface area (Å²) in [6.07, 6.45) is 0. The Kier molecular flexibility index (Phi) is 4.51. The van der Waals surface area contributed by atoms with Gasteiger partial charge in [-0.25, -0.2) is 4.79 Å². The Morgan fingerprint density at radius 1 is 0.969 bits per heavy atom. The molecule has 0 bridgehead atoms. The Labute approximate surface area is 183 Å². The maximum absolute atomic E-state index is 13.6. The molecule has 0 amide bonds. The van der Waals surface area contributed by atoms with Crippen LogP contribution in [0.25, 0.3) is 22.6 Å². The highest BCUT2D eigenvalue weighted by Crippen LogP contribution is 2.26. The highest BCUT2D eigenvalue weighted by molar-refractivity contribution is 5.77. The molecule has 8 heteroatoms. The highest BCUT2D eigenvalue weighted by atomic mass is 16.5. The highest BCUT2D eigenvalue weighted by Gasteiger charge is 2.23. The summed E-state index contributed by atoms with van der Waals surface area (Å²) in [5.41, 5.74) is 3.58. The molecule has 0 atom stereocenters. The van der Waals surface area contributed by atoms with Crippen molar-refractivity contribution in [3.05, 3.63) is 92.4 Å². The summed E-state index contributed by atoms with van der Waals surface area (Å²) in [4.78, 5) is 31.3. The zero-order valence-corrected chi connectivity index (χ0v) is 18.4. The van der Waals surface area contributed by atoms with E-state index in [2.05, 4.69) is 0 Å². The van der Waals surface area contributed by atoms with Crippen molar-refractivity contribution in [3.63, 3.8) is 0 Å². The number of imidazole rings is 2. The fourth-order valence-electron chi connectivity index (χ4n) is 4.21. The van der Waals surface area contributed by atoms with E-state index in [-0.39, 0.29) is 12.1 Å². The van der Waals surface area contributed by atoms with Crippen LogP contribution in [0.4, 0.5) is 0 Å². The minimum atomic E-state index is -0.394. The van der Waals surface area contributed by atoms with Gasteiger partial charge in [-0.1, -0.05) is 36.4 Å². The first-order valence-corrected chi connectivity index (χ1v) is 10.3. The van der Waals surface area contributed by atoms with E-state index in [9.17, 15) is 9.59 Å². The summed E-state index contributed by atoms with van der Waals surface area (Å²) in [6, 6.07) is 17.1. The van der Waals surface area contributed by atoms with E-state index in [1.165, 1.54) is 9.13 Å². The lowest BCUT2D eigenvalue weighted by Gasteiger charge is -2.09. The lowest BCUT2D eigenvalue weighted by molar-refractivity contribution is 0.414. The third-order valence-corrected chi connectivity index (χ3v) is 6.01. The molecule has 0 fully saturated rings. The standard InChI is InChI=1S/C24H23N5O3/c1-15-16(2)29-20-21(25-23(29)28(15)18-11-8-12-19(13-18)32-4)26(3)24(31)27(22(20)30)14-17-9-6-5-7-10-17/h5-13H,14H2,1-4H3. The Bertz CT molecular complexity index is 1600. The summed E-state index contributed by atoms with van der Waals surface area (Å²) in [6.45, 7) is 4.14. The van der Waals surface area contributed by atoms with Crippen LogP contribution in [0.15, 0.2) is 64.2 Å². The second-order valence-corrected chi connectivity index (χ2v) is 7.85. The smallest absolute Gasteiger partial charge is 0.332 e. The largest absolute Gasteiger partial charge is 0.497 e. The van der Waals surface area contributed by atoms with Gasteiger partial charge in [-0.15, -0.1) is 0 Å². The van der Waals surface area contributed by atoms with Crippen LogP contribution in [0.2, 0.25) is 0 Å². The number of ether oxygens (including phenoxy) is 1. The maximum atomic E-state index is 13.6. The molecule has 162 valence electrons. The molecule has 3 heterocycles. The first kappa shape index (κ1) is 19.9. The molecule has 5 aromatic rings. The van der Waals surface area contributed by atoms with Gasteiger partial charge < -0.3 is 4.74 Å². The molecule has 0 spiro atoms. The van der Waals surface area contributed by atoms with Gasteiger partial charge >= 0.3 is 5.69 Å². The average molecular weight is 429 g/mol. The number of fused-ring (bicyclic) bond motifs is 3. The SMILES string of the molecule is COc1cccc(-n2c(C)c(C)n3c4c(=O)n(Cc5ccccc5)c(=O)n(C)c4nc23)c1. The number of aromatic nitrogens is 5. The topological polar surface area (TPSA) is 75.5 Å². The number of benzene rings is 2. The third kappa shape index (κ3) is 2.80. The van der Waals surface area contributed by atoms with Gasteiger partial charge in [0.2, 0.25) is 5.78 Å². The normalized spacial score (nSPS) is 11.5. The quantitative estimate of drug-likeness (QED) is 0.440. The number of rotatable bonds is 4. The molecule has 5 rings (SSSR count). The summed E-state index contributed by atoms with van der Waals surface area (Å²) >= 11 is 0. The van der Waals surface area contributed by atoms with Crippen LogP contribution in [0, 0.1) is 13.8 Å². The van der Waals surface area contributed by atoms with E-state index in [1.807, 2.05) is 77.4 Å². The Hall–Kier alpha value is -4.07. The van der Waals surface area contributed by atoms with Crippen molar-refractivity contribution in [2.24, 2.45) is 7.05 Å². The molecule has 8 nitrogen and oxygen atoms in total. The first-order valence-electron chi connectivity index (χ1n) is 10.3. The Balaban J connectivity index is 1.84. The fourth-order valence-corrected chi connectivity index (χ4v) is 4.21. The van der Waals surface area contributed by atoms with Crippen molar-refractivity contribution in [1.29, 1.82) is 0 Å². The molecule has 32 heavy (non-hydrogen) atoms. The van der Waals surface area contributed by atoms with Crippen LogP contribution >= 0.6 is 0 Å². The summed E-state index contributed by atoms with van der Waals surface area (Å²) < 4.78 is 11.9. The molecular weight excluding hydrogens is 406 g/mol. The molecule has 0 aliphatic rings. The van der Waals surface area contributed by atoms with Crippen molar-refractivity contribution in [2.75, 3.05) is 7.11 Å². The van der Waals surface area contributed by atoms with E-state index in [1.54, 1.807) is 14.2 Å². The van der Waals surface area contributed by atoms with Crippen LogP contribution in [0.3, 0.4) is 0 Å². The molecule has 2 aromatic carbocycles. The molecule has 0 saturated carbocycles. The summed E-state index contributed by atoms with van der Waals surface area (Å²) in [5.74, 6) is 1.30. The monoisotopic (exact) mass is 429 g/mol. The van der Waals surface area contributed by atoms with Crippen molar-refractivity contribution in [1.82, 2.24) is 23.1 Å². The summed E-state index contributed by atoms with van der Waals surface area (Å²) in [7, 11) is 3.27. The third-order valence-electron chi connectivity index (χ3n) is 6.01. The van der Waals surface area contributed by atoms with Gasteiger partial charge in [0.1, 0.15) is 5.75 Å². The minimum Gasteiger partial charge on any atom is -0.497 e. The molecule has 0 N–H and O–H groups in total. The Morgan fingerprint density at radius 2 is 1.72 bits per heavy atom. The molecule has 0 aliphatic carbocycles. The fraction of sp³-hybridized carbons (Fsp3) is 0.208. The first-order chi connectivity index (χ1) is 15.4. The van der Waals surface area contributed by atoms with Crippen molar-refractivity contribution in [3.8, 4) is 11.4 Å². The van der Waals surface area contributed by atoms with E-state index in [4.69, 9.17) is 9.72 Å². The van der Waals surface area contributed by atoms with Gasteiger partial charge in [0.25, 0.3) is 5.56 Å². The molecule has 0 unspecified atom stereocenters. The van der Waals surface area contributed by atoms with Crippen molar-refractivity contribution in [2.45, 2.75) is 20.4 Å². The zero-order valence-electron chi connectivity index (χ0n) is 18.4. The molecular formula is C24H23N5O3. The van der Waals surface area contributed by atoms with Gasteiger partial charge in [-0.2, -0.15) is 4.98 Å². The van der Waals surface area contributed by atoms with Crippen LogP contribution in [0.1, 0.15) is 17.0 Å². The van der Waals surface area contributed by atoms with E-state index in [0.717, 1.165) is 28.4 Å². The van der Waals surface area contributed by atoms with Crippen molar-refractivity contribution < 1.29 is 4.74 Å². The second-order valence-electron chi connectivity index (χ2n) is 7.85. The lowest BCUT2D eigenvalue weighted by Crippen LogP contribution is -2.39. The predicted molar refractivity (Wildman–Crippen MR) is 123 cm³/mol. The van der Waals surface area contributed by atoms with E-state index < -0.39 is 5.69 Å². The molecule has 0 radical (unpaired) electrons. The van der Waals surface area contributed by atoms with Gasteiger partial charge in [-0.05, 0) is 31.5 Å². The average Bonchev–Trinajstić information content (AvgIpc) is 3.31. The molecule has 0 aliphatic heterocycles. The summed E-state index contributed by atoms with van der Waals surface area (Å²) in [5, 5.41) is 0. The number of methoxy groups -OCH3 is 1. The number of hydrogen-bond donors (Lipinski definition) is 0. The van der Waals surface area contributed by atoms with Crippen molar-refractivity contribution >= 4 is 16.9 Å². The van der Waals surface area contributed by atoms with Gasteiger partial charge in [-0.3, -0.25) is 22.9 Å².